The number of rotatable bonds is 8. The highest BCUT2D eigenvalue weighted by Crippen LogP contribution is 2.31. The van der Waals surface area contributed by atoms with Gasteiger partial charge in [-0.1, -0.05) is 12.1 Å². The van der Waals surface area contributed by atoms with Crippen LogP contribution in [0.2, 0.25) is 0 Å². The molecule has 12 nitrogen and oxygen atoms in total. The lowest BCUT2D eigenvalue weighted by Crippen LogP contribution is -2.33. The number of hydrogen-bond acceptors (Lipinski definition) is 10. The van der Waals surface area contributed by atoms with Crippen molar-refractivity contribution in [3.63, 3.8) is 0 Å². The number of nitriles is 1. The van der Waals surface area contributed by atoms with Crippen LogP contribution in [-0.4, -0.2) is 69.3 Å². The second-order valence-corrected chi connectivity index (χ2v) is 14.1. The zero-order valence-electron chi connectivity index (χ0n) is 32.1. The molecule has 2 fully saturated rings. The maximum Gasteiger partial charge on any atom is 0.213 e. The van der Waals surface area contributed by atoms with E-state index in [1.165, 1.54) is 12.5 Å². The number of aldehydes is 1. The zero-order valence-corrected chi connectivity index (χ0v) is 32.1. The van der Waals surface area contributed by atoms with Gasteiger partial charge in [0, 0.05) is 78.3 Å². The van der Waals surface area contributed by atoms with Crippen molar-refractivity contribution in [2.24, 2.45) is 7.05 Å². The molecule has 0 amide bonds. The van der Waals surface area contributed by atoms with Crippen LogP contribution in [0.15, 0.2) is 71.1 Å². The van der Waals surface area contributed by atoms with E-state index >= 15 is 0 Å². The van der Waals surface area contributed by atoms with Crippen LogP contribution in [0.4, 0.5) is 10.1 Å². The van der Waals surface area contributed by atoms with Crippen molar-refractivity contribution in [3.05, 3.63) is 112 Å². The molecule has 0 unspecified atom stereocenters. The van der Waals surface area contributed by atoms with E-state index in [0.717, 1.165) is 96.3 Å². The number of aromatic amines is 1. The second kappa shape index (κ2) is 17.1. The summed E-state index contributed by atoms with van der Waals surface area (Å²) in [5.74, 6) is 2.41. The van der Waals surface area contributed by atoms with Gasteiger partial charge in [-0.05, 0) is 94.7 Å². The standard InChI is InChI=1S/C31H32N6O2.C9H7FN2O.C3H6O/c1-20-15-25-22(17-32)7-8-23(31(25)39-20)19-38-30-6-4-5-26(35-30)21-11-13-37(14-12-21)18-29-34-27-16-24(33-2)9-10-28(27)36(29)3;1-5-7-2-6(4-13)3-8(10)9(7)12-11-5;1-2-4-3-1/h4-10,15-16,21,33H,11-14,18-19H2,1-3H3;2-4H,1H3,(H,11,12);1-3H2. The minimum absolute atomic E-state index is 0.281. The van der Waals surface area contributed by atoms with Gasteiger partial charge in [0.25, 0.3) is 0 Å². The largest absolute Gasteiger partial charge is 0.473 e. The minimum atomic E-state index is -0.469. The molecule has 0 spiro atoms. The van der Waals surface area contributed by atoms with Crippen molar-refractivity contribution >= 4 is 44.9 Å². The Kier molecular flexibility index (Phi) is 11.7. The number of fused-ring (bicyclic) bond motifs is 3. The fourth-order valence-electron chi connectivity index (χ4n) is 6.97. The van der Waals surface area contributed by atoms with Gasteiger partial charge in [-0.15, -0.1) is 0 Å². The van der Waals surface area contributed by atoms with E-state index in [9.17, 15) is 14.4 Å². The number of carbonyl (C=O) groups is 1. The highest BCUT2D eigenvalue weighted by atomic mass is 19.1. The van der Waals surface area contributed by atoms with Gasteiger partial charge >= 0.3 is 0 Å². The number of aromatic nitrogens is 5. The van der Waals surface area contributed by atoms with Crippen LogP contribution >= 0.6 is 0 Å². The third-order valence-electron chi connectivity index (χ3n) is 10.3. The molecule has 4 aromatic heterocycles. The van der Waals surface area contributed by atoms with Gasteiger partial charge in [-0.2, -0.15) is 10.4 Å². The first-order valence-electron chi connectivity index (χ1n) is 18.8. The maximum absolute atomic E-state index is 13.2. The first kappa shape index (κ1) is 38.2. The molecule has 2 aliphatic heterocycles. The molecular formula is C43H45FN8O4. The Morgan fingerprint density at radius 1 is 1.05 bits per heavy atom. The molecule has 7 aromatic rings. The minimum Gasteiger partial charge on any atom is -0.473 e. The van der Waals surface area contributed by atoms with E-state index < -0.39 is 5.82 Å². The van der Waals surface area contributed by atoms with Gasteiger partial charge in [0.2, 0.25) is 5.88 Å². The first-order valence-corrected chi connectivity index (χ1v) is 18.8. The van der Waals surface area contributed by atoms with Crippen molar-refractivity contribution in [2.75, 3.05) is 38.7 Å². The zero-order chi connectivity index (χ0) is 39.2. The van der Waals surface area contributed by atoms with E-state index in [1.54, 1.807) is 13.0 Å². The molecule has 56 heavy (non-hydrogen) atoms. The molecule has 0 atom stereocenters. The number of likely N-dealkylation sites (tertiary alicyclic amines) is 1. The maximum atomic E-state index is 13.2. The highest BCUT2D eigenvalue weighted by molar-refractivity contribution is 5.89. The molecule has 0 aliphatic carbocycles. The number of nitrogens with one attached hydrogen (secondary N) is 2. The molecule has 2 N–H and O–H groups in total. The number of pyridine rings is 1. The fourth-order valence-corrected chi connectivity index (χ4v) is 6.97. The third kappa shape index (κ3) is 8.41. The van der Waals surface area contributed by atoms with Crippen LogP contribution < -0.4 is 10.1 Å². The smallest absolute Gasteiger partial charge is 0.213 e. The van der Waals surface area contributed by atoms with Crippen molar-refractivity contribution in [2.45, 2.75) is 52.2 Å². The Morgan fingerprint density at radius 2 is 1.84 bits per heavy atom. The first-order chi connectivity index (χ1) is 27.2. The summed E-state index contributed by atoms with van der Waals surface area (Å²) < 4.78 is 32.1. The van der Waals surface area contributed by atoms with E-state index in [1.807, 2.05) is 44.3 Å². The molecule has 2 aliphatic rings. The van der Waals surface area contributed by atoms with Crippen LogP contribution in [0.3, 0.4) is 0 Å². The summed E-state index contributed by atoms with van der Waals surface area (Å²) in [7, 11) is 4.03. The summed E-state index contributed by atoms with van der Waals surface area (Å²) in [4.78, 5) is 22.7. The Labute approximate surface area is 324 Å². The number of imidazole rings is 1. The van der Waals surface area contributed by atoms with E-state index in [4.69, 9.17) is 23.9 Å². The van der Waals surface area contributed by atoms with Crippen LogP contribution in [0.25, 0.3) is 32.9 Å². The molecule has 9 rings (SSSR count). The molecule has 0 bridgehead atoms. The predicted octanol–water partition coefficient (Wildman–Crippen LogP) is 8.12. The number of piperidine rings is 1. The van der Waals surface area contributed by atoms with E-state index in [0.29, 0.717) is 46.8 Å². The van der Waals surface area contributed by atoms with Crippen molar-refractivity contribution in [1.29, 1.82) is 5.26 Å². The van der Waals surface area contributed by atoms with Crippen LogP contribution in [0.5, 0.6) is 5.88 Å². The van der Waals surface area contributed by atoms with Gasteiger partial charge in [-0.25, -0.2) is 14.4 Å². The number of H-pyrrole nitrogens is 1. The van der Waals surface area contributed by atoms with E-state index in [2.05, 4.69) is 62.4 Å². The fraction of sp³-hybridized carbons (Fsp3) is 0.326. The lowest BCUT2D eigenvalue weighted by atomic mass is 9.93. The molecule has 288 valence electrons. The number of furan rings is 1. The third-order valence-corrected chi connectivity index (χ3v) is 10.3. The molecule has 6 heterocycles. The SMILES string of the molecule is C1COC1.CNc1ccc2c(c1)nc(CN1CCC(c3cccc(OCc4ccc(C#N)c5cc(C)oc45)n3)CC1)n2C.Cc1[nH]nc2c(F)cc(C=O)cc12. The number of nitrogens with zero attached hydrogens (tertiary/aromatic N) is 6. The van der Waals surface area contributed by atoms with Crippen LogP contribution in [-0.2, 0) is 24.9 Å². The topological polar surface area (TPSA) is 147 Å². The Morgan fingerprint density at radius 3 is 2.55 bits per heavy atom. The molecule has 0 saturated carbocycles. The summed E-state index contributed by atoms with van der Waals surface area (Å²) in [5.41, 5.74) is 7.93. The Bertz CT molecular complexity index is 2520. The number of benzene rings is 3. The van der Waals surface area contributed by atoms with Crippen molar-refractivity contribution < 1.29 is 23.1 Å². The average Bonchev–Trinajstić information content (AvgIpc) is 3.87. The normalized spacial score (nSPS) is 14.4. The summed E-state index contributed by atoms with van der Waals surface area (Å²) in [6.07, 6.45) is 3.99. The van der Waals surface area contributed by atoms with Gasteiger partial charge in [0.15, 0.2) is 5.82 Å². The van der Waals surface area contributed by atoms with Gasteiger partial charge in [0.1, 0.15) is 35.6 Å². The van der Waals surface area contributed by atoms with Crippen molar-refractivity contribution in [3.8, 4) is 11.9 Å². The lowest BCUT2D eigenvalue weighted by molar-refractivity contribution is 0.0367. The molecular weight excluding hydrogens is 712 g/mol. The van der Waals surface area contributed by atoms with E-state index in [-0.39, 0.29) is 5.52 Å². The second-order valence-electron chi connectivity index (χ2n) is 14.1. The number of ether oxygens (including phenoxy) is 2. The number of hydrogen-bond donors (Lipinski definition) is 2. The lowest BCUT2D eigenvalue weighted by Gasteiger charge is -2.31. The number of carbonyl (C=O) groups excluding carboxylic acids is 1. The van der Waals surface area contributed by atoms with Gasteiger partial charge < -0.3 is 23.8 Å². The summed E-state index contributed by atoms with van der Waals surface area (Å²) in [6.45, 7) is 8.85. The number of aryl methyl sites for hydroxylation is 3. The van der Waals surface area contributed by atoms with Crippen LogP contribution in [0, 0.1) is 31.0 Å². The summed E-state index contributed by atoms with van der Waals surface area (Å²) in [5, 5.41) is 20.5. The van der Waals surface area contributed by atoms with Gasteiger partial charge in [0.05, 0.1) is 29.2 Å². The molecule has 13 heteroatoms. The number of anilines is 1. The average molecular weight is 757 g/mol. The van der Waals surface area contributed by atoms with Crippen LogP contribution in [0.1, 0.15) is 69.6 Å². The van der Waals surface area contributed by atoms with Gasteiger partial charge in [-0.3, -0.25) is 14.8 Å². The Balaban J connectivity index is 0.000000232. The van der Waals surface area contributed by atoms with Crippen molar-refractivity contribution in [1.82, 2.24) is 29.6 Å². The highest BCUT2D eigenvalue weighted by Gasteiger charge is 2.23. The quantitative estimate of drug-likeness (QED) is 0.146. The molecule has 2 saturated heterocycles. The molecule has 0 radical (unpaired) electrons. The predicted molar refractivity (Wildman–Crippen MR) is 213 cm³/mol. The molecule has 3 aromatic carbocycles. The summed E-state index contributed by atoms with van der Waals surface area (Å²) >= 11 is 0. The summed E-state index contributed by atoms with van der Waals surface area (Å²) in [6, 6.07) is 23.0. The number of halogens is 1. The Hall–Kier alpha value is -6.10. The monoisotopic (exact) mass is 756 g/mol.